The summed E-state index contributed by atoms with van der Waals surface area (Å²) in [5.74, 6) is -2.46. The van der Waals surface area contributed by atoms with Crippen molar-refractivity contribution in [3.8, 4) is 21.8 Å². The van der Waals surface area contributed by atoms with Crippen LogP contribution >= 0.6 is 11.3 Å². The van der Waals surface area contributed by atoms with E-state index in [1.54, 1.807) is 12.3 Å². The molecule has 236 valence electrons. The molecule has 8 rings (SSSR count). The molecular formula is C30H28F3N5O4S3. The van der Waals surface area contributed by atoms with Gasteiger partial charge in [0.25, 0.3) is 10.0 Å². The fraction of sp³-hybridized carbons (Fsp3) is 0.367. The molecule has 2 aromatic heterocycles. The SMILES string of the molecule is O=S1(=O)CCC(Nc2nccc(-c3sc(C45CCC(C4)C5)nc3-c3cccc(NS(=O)(=O)c4c(F)cccc4F)c3F)n2)CC1. The second kappa shape index (κ2) is 11.1. The number of nitrogens with zero attached hydrogens (tertiary/aromatic N) is 3. The maximum atomic E-state index is 16.2. The van der Waals surface area contributed by atoms with Gasteiger partial charge in [-0.25, -0.2) is 45.0 Å². The summed E-state index contributed by atoms with van der Waals surface area (Å²) in [5.41, 5.74) is 0.151. The summed E-state index contributed by atoms with van der Waals surface area (Å²) in [6.07, 6.45) is 6.49. The Labute approximate surface area is 262 Å². The summed E-state index contributed by atoms with van der Waals surface area (Å²) in [6, 6.07) is 8.29. The highest BCUT2D eigenvalue weighted by molar-refractivity contribution is 7.92. The van der Waals surface area contributed by atoms with Gasteiger partial charge in [-0.3, -0.25) is 4.72 Å². The monoisotopic (exact) mass is 675 g/mol. The van der Waals surface area contributed by atoms with Crippen molar-refractivity contribution in [1.82, 2.24) is 15.0 Å². The maximum Gasteiger partial charge on any atom is 0.267 e. The highest BCUT2D eigenvalue weighted by Crippen LogP contribution is 2.61. The second-order valence-electron chi connectivity index (χ2n) is 11.9. The molecular weight excluding hydrogens is 648 g/mol. The summed E-state index contributed by atoms with van der Waals surface area (Å²) in [6.45, 7) is 0. The third kappa shape index (κ3) is 5.58. The van der Waals surface area contributed by atoms with E-state index in [0.717, 1.165) is 48.9 Å². The normalized spacial score (nSPS) is 22.6. The zero-order valence-corrected chi connectivity index (χ0v) is 26.2. The topological polar surface area (TPSA) is 131 Å². The molecule has 1 saturated heterocycles. The third-order valence-electron chi connectivity index (χ3n) is 8.93. The standard InChI is InChI=1S/C30H28F3N5O4S3/c31-20-4-2-5-21(32)27(20)45(41,42)38-22-6-1-3-19(24(22)33)25-26(43-28(37-25)30-11-7-17(15-30)16-30)23-8-12-34-29(36-23)35-18-9-13-44(39,40)14-10-18/h1-6,8,12,17-18,38H,7,9-11,13-16H2,(H,34,35,36). The minimum absolute atomic E-state index is 0.00224. The first-order valence-electron chi connectivity index (χ1n) is 14.5. The van der Waals surface area contributed by atoms with Crippen LogP contribution < -0.4 is 10.0 Å². The van der Waals surface area contributed by atoms with Crippen LogP contribution in [0.3, 0.4) is 0 Å². The van der Waals surface area contributed by atoms with E-state index in [-0.39, 0.29) is 34.2 Å². The van der Waals surface area contributed by atoms with Crippen LogP contribution in [0, 0.1) is 23.4 Å². The minimum Gasteiger partial charge on any atom is -0.351 e. The molecule has 15 heteroatoms. The van der Waals surface area contributed by atoms with Gasteiger partial charge in [-0.1, -0.05) is 12.1 Å². The van der Waals surface area contributed by atoms with Gasteiger partial charge in [-0.2, -0.15) is 0 Å². The predicted octanol–water partition coefficient (Wildman–Crippen LogP) is 5.92. The van der Waals surface area contributed by atoms with E-state index in [1.165, 1.54) is 29.5 Å². The molecule has 9 nitrogen and oxygen atoms in total. The summed E-state index contributed by atoms with van der Waals surface area (Å²) in [7, 11) is -7.87. The van der Waals surface area contributed by atoms with Crippen LogP contribution in [0.5, 0.6) is 0 Å². The number of nitrogens with one attached hydrogen (secondary N) is 2. The smallest absolute Gasteiger partial charge is 0.267 e. The molecule has 0 amide bonds. The number of hydrogen-bond donors (Lipinski definition) is 2. The van der Waals surface area contributed by atoms with Crippen LogP contribution in [-0.4, -0.2) is 49.3 Å². The predicted molar refractivity (Wildman–Crippen MR) is 165 cm³/mol. The van der Waals surface area contributed by atoms with E-state index >= 15 is 4.39 Å². The highest BCUT2D eigenvalue weighted by atomic mass is 32.2. The molecule has 0 atom stereocenters. The first kappa shape index (κ1) is 30.1. The number of halogens is 3. The van der Waals surface area contributed by atoms with E-state index < -0.39 is 47.9 Å². The Bertz CT molecular complexity index is 1990. The number of sulfonamides is 1. The molecule has 2 N–H and O–H groups in total. The molecule has 2 aromatic carbocycles. The number of benzene rings is 2. The number of anilines is 2. The van der Waals surface area contributed by atoms with Gasteiger partial charge in [0, 0.05) is 23.2 Å². The van der Waals surface area contributed by atoms with Gasteiger partial charge in [0.15, 0.2) is 10.7 Å². The van der Waals surface area contributed by atoms with E-state index in [2.05, 4.69) is 15.3 Å². The summed E-state index contributed by atoms with van der Waals surface area (Å²) in [5, 5.41) is 4.07. The molecule has 4 aromatic rings. The number of sulfone groups is 1. The third-order valence-corrected chi connectivity index (χ3v) is 13.4. The van der Waals surface area contributed by atoms with Crippen LogP contribution in [0.4, 0.5) is 24.8 Å². The number of rotatable bonds is 8. The fourth-order valence-corrected chi connectivity index (χ4v) is 10.6. The average Bonchev–Trinajstić information content (AvgIpc) is 3.71. The van der Waals surface area contributed by atoms with Crippen molar-refractivity contribution >= 4 is 42.8 Å². The van der Waals surface area contributed by atoms with Crippen LogP contribution in [-0.2, 0) is 25.3 Å². The Morgan fingerprint density at radius 2 is 1.64 bits per heavy atom. The molecule has 4 fully saturated rings. The summed E-state index contributed by atoms with van der Waals surface area (Å²) >= 11 is 1.41. The van der Waals surface area contributed by atoms with Gasteiger partial charge in [-0.05, 0) is 74.8 Å². The summed E-state index contributed by atoms with van der Waals surface area (Å²) in [4.78, 5) is 13.3. The van der Waals surface area contributed by atoms with E-state index in [9.17, 15) is 25.6 Å². The van der Waals surface area contributed by atoms with Crippen molar-refractivity contribution in [2.75, 3.05) is 21.5 Å². The van der Waals surface area contributed by atoms with Crippen LogP contribution in [0.2, 0.25) is 0 Å². The van der Waals surface area contributed by atoms with Gasteiger partial charge in [0.2, 0.25) is 5.95 Å². The Kier molecular flexibility index (Phi) is 7.40. The Morgan fingerprint density at radius 3 is 2.33 bits per heavy atom. The van der Waals surface area contributed by atoms with Crippen molar-refractivity contribution in [2.45, 2.75) is 54.9 Å². The molecule has 3 saturated carbocycles. The largest absolute Gasteiger partial charge is 0.351 e. The van der Waals surface area contributed by atoms with Crippen LogP contribution in [0.25, 0.3) is 21.8 Å². The van der Waals surface area contributed by atoms with Crippen LogP contribution in [0.1, 0.15) is 43.5 Å². The molecule has 1 aliphatic heterocycles. The number of hydrogen-bond acceptors (Lipinski definition) is 9. The molecule has 0 radical (unpaired) electrons. The summed E-state index contributed by atoms with van der Waals surface area (Å²) < 4.78 is 96.5. The van der Waals surface area contributed by atoms with Crippen molar-refractivity contribution in [3.05, 3.63) is 71.1 Å². The average molecular weight is 676 g/mol. The first-order valence-corrected chi connectivity index (χ1v) is 18.6. The van der Waals surface area contributed by atoms with Gasteiger partial charge in [0.1, 0.15) is 26.5 Å². The van der Waals surface area contributed by atoms with Crippen molar-refractivity contribution in [3.63, 3.8) is 0 Å². The molecule has 45 heavy (non-hydrogen) atoms. The maximum absolute atomic E-state index is 16.2. The lowest BCUT2D eigenvalue weighted by Gasteiger charge is -2.36. The Morgan fingerprint density at radius 1 is 0.933 bits per heavy atom. The van der Waals surface area contributed by atoms with E-state index in [4.69, 9.17) is 4.98 Å². The number of aromatic nitrogens is 3. The number of fused-ring (bicyclic) bond motifs is 1. The van der Waals surface area contributed by atoms with Gasteiger partial charge < -0.3 is 5.32 Å². The molecule has 0 spiro atoms. The lowest BCUT2D eigenvalue weighted by molar-refractivity contribution is 0.242. The van der Waals surface area contributed by atoms with Gasteiger partial charge >= 0.3 is 0 Å². The quantitative estimate of drug-likeness (QED) is 0.236. The molecule has 2 bridgehead atoms. The van der Waals surface area contributed by atoms with Crippen molar-refractivity contribution < 1.29 is 30.0 Å². The lowest BCUT2D eigenvalue weighted by Crippen LogP contribution is -2.32. The van der Waals surface area contributed by atoms with Gasteiger partial charge in [-0.15, -0.1) is 11.3 Å². The van der Waals surface area contributed by atoms with Crippen molar-refractivity contribution in [1.29, 1.82) is 0 Å². The second-order valence-corrected chi connectivity index (χ2v) is 16.9. The molecule has 4 aliphatic rings. The minimum atomic E-state index is -4.82. The lowest BCUT2D eigenvalue weighted by atomic mass is 9.70. The zero-order valence-electron chi connectivity index (χ0n) is 23.8. The van der Waals surface area contributed by atoms with Crippen molar-refractivity contribution in [2.24, 2.45) is 5.92 Å². The van der Waals surface area contributed by atoms with E-state index in [1.807, 2.05) is 4.72 Å². The molecule has 3 heterocycles. The zero-order chi connectivity index (χ0) is 31.6. The number of thiazole rings is 1. The highest BCUT2D eigenvalue weighted by Gasteiger charge is 2.53. The molecule has 3 aliphatic carbocycles. The van der Waals surface area contributed by atoms with Gasteiger partial charge in [0.05, 0.1) is 33.5 Å². The Hall–Kier alpha value is -3.56. The Balaban J connectivity index is 1.27. The molecule has 0 unspecified atom stereocenters. The first-order chi connectivity index (χ1) is 21.4. The van der Waals surface area contributed by atoms with Crippen LogP contribution in [0.15, 0.2) is 53.6 Å². The van der Waals surface area contributed by atoms with E-state index in [0.29, 0.717) is 35.3 Å². The fourth-order valence-electron chi connectivity index (χ4n) is 6.62.